The van der Waals surface area contributed by atoms with E-state index >= 15 is 0 Å². The second-order valence-corrected chi connectivity index (χ2v) is 6.67. The lowest BCUT2D eigenvalue weighted by atomic mass is 10.0. The first-order valence-corrected chi connectivity index (χ1v) is 9.27. The van der Waals surface area contributed by atoms with Crippen LogP contribution in [0, 0.1) is 0 Å². The monoisotopic (exact) mass is 367 g/mol. The standard InChI is InChI=1S/C21H25N3O3/c1-3-16-5-4-6-17(11-16)18-12-19(21(15(2)25)22-13-18)23-20(26)14-24-7-9-27-10-8-24/h4-6,11-13H,3,7-10,14H2,1-2H3,(H,23,26). The summed E-state index contributed by atoms with van der Waals surface area (Å²) in [5.41, 5.74) is 3.85. The van der Waals surface area contributed by atoms with Crippen LogP contribution < -0.4 is 5.32 Å². The average molecular weight is 367 g/mol. The van der Waals surface area contributed by atoms with Gasteiger partial charge >= 0.3 is 0 Å². The van der Waals surface area contributed by atoms with Gasteiger partial charge in [-0.15, -0.1) is 0 Å². The molecule has 1 aromatic heterocycles. The molecule has 1 saturated heterocycles. The molecule has 0 unspecified atom stereocenters. The highest BCUT2D eigenvalue weighted by atomic mass is 16.5. The fourth-order valence-corrected chi connectivity index (χ4v) is 3.12. The Morgan fingerprint density at radius 1 is 1.19 bits per heavy atom. The number of hydrogen-bond donors (Lipinski definition) is 1. The van der Waals surface area contributed by atoms with E-state index in [2.05, 4.69) is 29.4 Å². The minimum atomic E-state index is -0.175. The van der Waals surface area contributed by atoms with E-state index in [1.54, 1.807) is 6.20 Å². The molecule has 1 aliphatic rings. The van der Waals surface area contributed by atoms with Gasteiger partial charge in [0.25, 0.3) is 0 Å². The first kappa shape index (κ1) is 19.2. The molecule has 2 aromatic rings. The van der Waals surface area contributed by atoms with Gasteiger partial charge in [0.15, 0.2) is 5.78 Å². The molecule has 1 fully saturated rings. The fraction of sp³-hybridized carbons (Fsp3) is 0.381. The molecule has 0 radical (unpaired) electrons. The van der Waals surface area contributed by atoms with Crippen LogP contribution in [0.4, 0.5) is 5.69 Å². The number of aryl methyl sites for hydroxylation is 1. The molecule has 3 rings (SSSR count). The first-order chi connectivity index (χ1) is 13.1. The number of ether oxygens (including phenoxy) is 1. The van der Waals surface area contributed by atoms with E-state index in [0.717, 1.165) is 30.6 Å². The van der Waals surface area contributed by atoms with E-state index in [1.807, 2.05) is 23.1 Å². The molecule has 1 aromatic carbocycles. The van der Waals surface area contributed by atoms with Crippen LogP contribution in [0.15, 0.2) is 36.5 Å². The molecule has 0 aliphatic carbocycles. The summed E-state index contributed by atoms with van der Waals surface area (Å²) >= 11 is 0. The number of Topliss-reactive ketones (excluding diaryl/α,β-unsaturated/α-hetero) is 1. The summed E-state index contributed by atoms with van der Waals surface area (Å²) in [7, 11) is 0. The minimum absolute atomic E-state index is 0.152. The van der Waals surface area contributed by atoms with Crippen molar-refractivity contribution in [3.63, 3.8) is 0 Å². The lowest BCUT2D eigenvalue weighted by Crippen LogP contribution is -2.41. The Balaban J connectivity index is 1.83. The molecule has 6 heteroatoms. The van der Waals surface area contributed by atoms with Gasteiger partial charge in [-0.2, -0.15) is 0 Å². The van der Waals surface area contributed by atoms with Crippen LogP contribution in [-0.2, 0) is 16.0 Å². The van der Waals surface area contributed by atoms with Crippen LogP contribution in [0.25, 0.3) is 11.1 Å². The average Bonchev–Trinajstić information content (AvgIpc) is 2.68. The van der Waals surface area contributed by atoms with Crippen molar-refractivity contribution in [2.75, 3.05) is 38.2 Å². The normalized spacial score (nSPS) is 14.7. The van der Waals surface area contributed by atoms with Crippen molar-refractivity contribution in [2.45, 2.75) is 20.3 Å². The van der Waals surface area contributed by atoms with Crippen molar-refractivity contribution in [3.8, 4) is 11.1 Å². The fourth-order valence-electron chi connectivity index (χ4n) is 3.12. The molecule has 0 saturated carbocycles. The number of benzene rings is 1. The summed E-state index contributed by atoms with van der Waals surface area (Å²) in [6, 6.07) is 10.0. The van der Waals surface area contributed by atoms with E-state index in [1.165, 1.54) is 12.5 Å². The molecular formula is C21H25N3O3. The summed E-state index contributed by atoms with van der Waals surface area (Å²) < 4.78 is 5.31. The van der Waals surface area contributed by atoms with Gasteiger partial charge in [-0.25, -0.2) is 0 Å². The molecule has 0 bridgehead atoms. The second kappa shape index (κ2) is 8.88. The SMILES string of the molecule is CCc1cccc(-c2cnc(C(C)=O)c(NC(=O)CN3CCOCC3)c2)c1. The van der Waals surface area contributed by atoms with Crippen molar-refractivity contribution in [2.24, 2.45) is 0 Å². The Hall–Kier alpha value is -2.57. The number of morpholine rings is 1. The van der Waals surface area contributed by atoms with E-state index in [0.29, 0.717) is 18.9 Å². The van der Waals surface area contributed by atoms with Crippen molar-refractivity contribution in [1.29, 1.82) is 0 Å². The molecule has 142 valence electrons. The van der Waals surface area contributed by atoms with Crippen LogP contribution >= 0.6 is 0 Å². The number of rotatable bonds is 6. The second-order valence-electron chi connectivity index (χ2n) is 6.67. The third kappa shape index (κ3) is 4.99. The number of aromatic nitrogens is 1. The molecule has 0 spiro atoms. The van der Waals surface area contributed by atoms with Gasteiger partial charge < -0.3 is 10.1 Å². The predicted molar refractivity (Wildman–Crippen MR) is 105 cm³/mol. The predicted octanol–water partition coefficient (Wildman–Crippen LogP) is 2.78. The van der Waals surface area contributed by atoms with Gasteiger partial charge in [0.1, 0.15) is 5.69 Å². The molecule has 0 atom stereocenters. The zero-order valence-corrected chi connectivity index (χ0v) is 15.8. The largest absolute Gasteiger partial charge is 0.379 e. The topological polar surface area (TPSA) is 71.5 Å². The molecule has 1 N–H and O–H groups in total. The number of anilines is 1. The van der Waals surface area contributed by atoms with Crippen LogP contribution in [0.5, 0.6) is 0 Å². The molecule has 1 aliphatic heterocycles. The summed E-state index contributed by atoms with van der Waals surface area (Å²) in [6.07, 6.45) is 2.62. The summed E-state index contributed by atoms with van der Waals surface area (Å²) in [5.74, 6) is -0.328. The maximum atomic E-state index is 12.5. The first-order valence-electron chi connectivity index (χ1n) is 9.27. The zero-order chi connectivity index (χ0) is 19.2. The molecule has 1 amide bonds. The number of carbonyl (C=O) groups excluding carboxylic acids is 2. The lowest BCUT2D eigenvalue weighted by Gasteiger charge is -2.25. The molecule has 2 heterocycles. The summed E-state index contributed by atoms with van der Waals surface area (Å²) in [5, 5.41) is 2.87. The van der Waals surface area contributed by atoms with Gasteiger partial charge in [0.2, 0.25) is 5.91 Å². The number of amides is 1. The van der Waals surface area contributed by atoms with E-state index in [-0.39, 0.29) is 23.9 Å². The van der Waals surface area contributed by atoms with Crippen molar-refractivity contribution in [1.82, 2.24) is 9.88 Å². The smallest absolute Gasteiger partial charge is 0.238 e. The lowest BCUT2D eigenvalue weighted by molar-refractivity contribution is -0.118. The maximum absolute atomic E-state index is 12.5. The third-order valence-corrected chi connectivity index (χ3v) is 4.63. The number of nitrogens with zero attached hydrogens (tertiary/aromatic N) is 2. The van der Waals surface area contributed by atoms with Crippen molar-refractivity contribution in [3.05, 3.63) is 47.8 Å². The maximum Gasteiger partial charge on any atom is 0.238 e. The quantitative estimate of drug-likeness (QED) is 0.795. The molecular weight excluding hydrogens is 342 g/mol. The zero-order valence-electron chi connectivity index (χ0n) is 15.8. The van der Waals surface area contributed by atoms with Crippen LogP contribution in [-0.4, -0.2) is 54.4 Å². The van der Waals surface area contributed by atoms with Crippen molar-refractivity contribution < 1.29 is 14.3 Å². The Bertz CT molecular complexity index is 829. The number of pyridine rings is 1. The Morgan fingerprint density at radius 3 is 2.67 bits per heavy atom. The van der Waals surface area contributed by atoms with Crippen molar-refractivity contribution >= 4 is 17.4 Å². The molecule has 6 nitrogen and oxygen atoms in total. The van der Waals surface area contributed by atoms with Crippen LogP contribution in [0.1, 0.15) is 29.9 Å². The van der Waals surface area contributed by atoms with Gasteiger partial charge in [-0.05, 0) is 23.6 Å². The number of hydrogen-bond acceptors (Lipinski definition) is 5. The van der Waals surface area contributed by atoms with Crippen LogP contribution in [0.3, 0.4) is 0 Å². The van der Waals surface area contributed by atoms with E-state index in [9.17, 15) is 9.59 Å². The summed E-state index contributed by atoms with van der Waals surface area (Å²) in [4.78, 5) is 30.8. The van der Waals surface area contributed by atoms with Gasteiger partial charge in [0.05, 0.1) is 25.4 Å². The molecule has 27 heavy (non-hydrogen) atoms. The van der Waals surface area contributed by atoms with E-state index in [4.69, 9.17) is 4.74 Å². The van der Waals surface area contributed by atoms with Crippen LogP contribution in [0.2, 0.25) is 0 Å². The van der Waals surface area contributed by atoms with Gasteiger partial charge in [-0.1, -0.05) is 31.2 Å². The number of carbonyl (C=O) groups is 2. The summed E-state index contributed by atoms with van der Waals surface area (Å²) in [6.45, 7) is 6.57. The third-order valence-electron chi connectivity index (χ3n) is 4.63. The Morgan fingerprint density at radius 2 is 1.96 bits per heavy atom. The highest BCUT2D eigenvalue weighted by Gasteiger charge is 2.17. The van der Waals surface area contributed by atoms with Gasteiger partial charge in [0, 0.05) is 31.8 Å². The number of nitrogens with one attached hydrogen (secondary N) is 1. The highest BCUT2D eigenvalue weighted by Crippen LogP contribution is 2.25. The van der Waals surface area contributed by atoms with E-state index < -0.39 is 0 Å². The number of ketones is 1. The Labute approximate surface area is 159 Å². The van der Waals surface area contributed by atoms with Gasteiger partial charge in [-0.3, -0.25) is 19.5 Å². The highest BCUT2D eigenvalue weighted by molar-refractivity contribution is 6.03. The minimum Gasteiger partial charge on any atom is -0.379 e. The Kier molecular flexibility index (Phi) is 6.32.